The summed E-state index contributed by atoms with van der Waals surface area (Å²) in [4.78, 5) is 38.2. The van der Waals surface area contributed by atoms with Crippen LogP contribution in [0.1, 0.15) is 58.1 Å². The van der Waals surface area contributed by atoms with Crippen LogP contribution in [0.3, 0.4) is 0 Å². The minimum absolute atomic E-state index is 0.126. The fourth-order valence-electron chi connectivity index (χ4n) is 3.63. The first-order valence-corrected chi connectivity index (χ1v) is 11.0. The van der Waals surface area contributed by atoms with Crippen molar-refractivity contribution in [2.24, 2.45) is 5.92 Å². The fourth-order valence-corrected chi connectivity index (χ4v) is 3.63. The lowest BCUT2D eigenvalue weighted by Crippen LogP contribution is -2.54. The van der Waals surface area contributed by atoms with Crippen molar-refractivity contribution >= 4 is 17.9 Å². The van der Waals surface area contributed by atoms with Crippen LogP contribution in [0.4, 0.5) is 4.79 Å². The molecular weight excluding hydrogens is 422 g/mol. The zero-order valence-electron chi connectivity index (χ0n) is 19.6. The van der Waals surface area contributed by atoms with Gasteiger partial charge in [-0.05, 0) is 45.2 Å². The van der Waals surface area contributed by atoms with Crippen molar-refractivity contribution in [1.82, 2.24) is 16.2 Å². The highest BCUT2D eigenvalue weighted by atomic mass is 16.6. The smallest absolute Gasteiger partial charge is 0.408 e. The normalized spacial score (nSPS) is 13.8. The Morgan fingerprint density at radius 1 is 0.939 bits per heavy atom. The van der Waals surface area contributed by atoms with Crippen LogP contribution in [0.25, 0.3) is 0 Å². The summed E-state index contributed by atoms with van der Waals surface area (Å²) in [5.74, 6) is -0.294. The van der Waals surface area contributed by atoms with Gasteiger partial charge in [0, 0.05) is 11.1 Å². The maximum atomic E-state index is 13.2. The highest BCUT2D eigenvalue weighted by Crippen LogP contribution is 2.43. The van der Waals surface area contributed by atoms with Crippen LogP contribution in [0.2, 0.25) is 0 Å². The molecule has 0 aliphatic carbocycles. The summed E-state index contributed by atoms with van der Waals surface area (Å²) >= 11 is 0. The van der Waals surface area contributed by atoms with Crippen LogP contribution < -0.4 is 20.9 Å². The van der Waals surface area contributed by atoms with Gasteiger partial charge in [-0.1, -0.05) is 50.2 Å². The van der Waals surface area contributed by atoms with E-state index in [9.17, 15) is 14.4 Å². The van der Waals surface area contributed by atoms with Crippen LogP contribution in [0, 0.1) is 5.92 Å². The summed E-state index contributed by atoms with van der Waals surface area (Å²) in [5, 5.41) is 2.59. The van der Waals surface area contributed by atoms with E-state index in [0.29, 0.717) is 29.0 Å². The lowest BCUT2D eigenvalue weighted by atomic mass is 9.87. The lowest BCUT2D eigenvalue weighted by molar-refractivity contribution is -0.130. The van der Waals surface area contributed by atoms with Gasteiger partial charge in [-0.2, -0.15) is 0 Å². The number of nitrogens with one attached hydrogen (secondary N) is 3. The average molecular weight is 454 g/mol. The van der Waals surface area contributed by atoms with Gasteiger partial charge < -0.3 is 14.8 Å². The third-order valence-corrected chi connectivity index (χ3v) is 4.97. The van der Waals surface area contributed by atoms with E-state index in [1.807, 2.05) is 50.2 Å². The highest BCUT2D eigenvalue weighted by molar-refractivity contribution is 5.92. The number of carbonyl (C=O) groups is 3. The summed E-state index contributed by atoms with van der Waals surface area (Å²) < 4.78 is 11.2. The van der Waals surface area contributed by atoms with Crippen molar-refractivity contribution in [2.75, 3.05) is 0 Å². The second-order valence-corrected chi connectivity index (χ2v) is 9.42. The molecular formula is C25H31N3O5. The van der Waals surface area contributed by atoms with Gasteiger partial charge in [0.05, 0.1) is 5.92 Å². The van der Waals surface area contributed by atoms with E-state index in [2.05, 4.69) is 16.2 Å². The molecule has 0 bridgehead atoms. The SMILES string of the molecule is CC(C)C[C@H](NC(=O)OC(C)(C)C)C(=O)NNC(=O)C1c2ccccc2Oc2ccccc21. The first-order valence-electron chi connectivity index (χ1n) is 11.0. The number of ether oxygens (including phenoxy) is 2. The largest absolute Gasteiger partial charge is 0.457 e. The Morgan fingerprint density at radius 3 is 2.00 bits per heavy atom. The van der Waals surface area contributed by atoms with E-state index >= 15 is 0 Å². The molecule has 0 unspecified atom stereocenters. The van der Waals surface area contributed by atoms with Crippen molar-refractivity contribution in [3.63, 3.8) is 0 Å². The van der Waals surface area contributed by atoms with E-state index in [1.54, 1.807) is 32.9 Å². The number of hydrazine groups is 1. The van der Waals surface area contributed by atoms with E-state index in [4.69, 9.17) is 9.47 Å². The minimum Gasteiger partial charge on any atom is -0.457 e. The summed E-state index contributed by atoms with van der Waals surface area (Å²) in [6.45, 7) is 9.10. The molecule has 2 aromatic rings. The number of hydrogen-bond donors (Lipinski definition) is 3. The molecule has 1 heterocycles. The van der Waals surface area contributed by atoms with Gasteiger partial charge >= 0.3 is 6.09 Å². The molecule has 8 heteroatoms. The van der Waals surface area contributed by atoms with Gasteiger partial charge in [-0.15, -0.1) is 0 Å². The van der Waals surface area contributed by atoms with Gasteiger partial charge in [0.15, 0.2) is 0 Å². The maximum absolute atomic E-state index is 13.2. The molecule has 2 aromatic carbocycles. The molecule has 0 saturated heterocycles. The Bertz CT molecular complexity index is 983. The number of fused-ring (bicyclic) bond motifs is 2. The minimum atomic E-state index is -0.866. The van der Waals surface area contributed by atoms with Crippen LogP contribution in [0.5, 0.6) is 11.5 Å². The summed E-state index contributed by atoms with van der Waals surface area (Å²) in [5.41, 5.74) is 5.70. The average Bonchev–Trinajstić information content (AvgIpc) is 2.73. The van der Waals surface area contributed by atoms with Gasteiger partial charge in [0.25, 0.3) is 11.8 Å². The monoisotopic (exact) mass is 453 g/mol. The van der Waals surface area contributed by atoms with Crippen molar-refractivity contribution in [2.45, 2.75) is 58.6 Å². The molecule has 0 aromatic heterocycles. The van der Waals surface area contributed by atoms with Crippen molar-refractivity contribution in [3.05, 3.63) is 59.7 Å². The summed E-state index contributed by atoms with van der Waals surface area (Å²) in [6, 6.07) is 13.7. The molecule has 3 rings (SSSR count). The predicted molar refractivity (Wildman–Crippen MR) is 124 cm³/mol. The molecule has 1 aliphatic rings. The molecule has 0 saturated carbocycles. The Hall–Kier alpha value is -3.55. The number of hydrogen-bond acceptors (Lipinski definition) is 5. The number of carbonyl (C=O) groups excluding carboxylic acids is 3. The van der Waals surface area contributed by atoms with Crippen LogP contribution in [0.15, 0.2) is 48.5 Å². The Labute approximate surface area is 194 Å². The zero-order valence-corrected chi connectivity index (χ0v) is 19.6. The fraction of sp³-hybridized carbons (Fsp3) is 0.400. The second-order valence-electron chi connectivity index (χ2n) is 9.42. The Balaban J connectivity index is 1.72. The molecule has 0 radical (unpaired) electrons. The zero-order chi connectivity index (χ0) is 24.2. The van der Waals surface area contributed by atoms with Crippen LogP contribution >= 0.6 is 0 Å². The molecule has 176 valence electrons. The topological polar surface area (TPSA) is 106 Å². The third-order valence-electron chi connectivity index (χ3n) is 4.97. The molecule has 33 heavy (non-hydrogen) atoms. The highest BCUT2D eigenvalue weighted by Gasteiger charge is 2.33. The first kappa shape index (κ1) is 24.1. The standard InChI is InChI=1S/C25H31N3O5/c1-15(2)14-18(26-24(31)33-25(3,4)5)22(29)27-28-23(30)21-16-10-6-8-12-19(16)32-20-13-9-7-11-17(20)21/h6-13,15,18,21H,14H2,1-5H3,(H,26,31)(H,27,29)(H,28,30)/t18-/m0/s1. The van der Waals surface area contributed by atoms with Gasteiger partial charge in [-0.3, -0.25) is 20.4 Å². The van der Waals surface area contributed by atoms with Crippen molar-refractivity contribution in [1.29, 1.82) is 0 Å². The van der Waals surface area contributed by atoms with Gasteiger partial charge in [0.1, 0.15) is 23.1 Å². The van der Waals surface area contributed by atoms with E-state index in [0.717, 1.165) is 0 Å². The number of para-hydroxylation sites is 2. The predicted octanol–water partition coefficient (Wildman–Crippen LogP) is 4.01. The summed E-state index contributed by atoms with van der Waals surface area (Å²) in [6.07, 6.45) is -0.314. The molecule has 3 N–H and O–H groups in total. The number of rotatable bonds is 5. The molecule has 1 aliphatic heterocycles. The van der Waals surface area contributed by atoms with Gasteiger partial charge in [0.2, 0.25) is 0 Å². The van der Waals surface area contributed by atoms with Crippen molar-refractivity contribution < 1.29 is 23.9 Å². The summed E-state index contributed by atoms with van der Waals surface area (Å²) in [7, 11) is 0. The number of benzene rings is 2. The molecule has 1 atom stereocenters. The Morgan fingerprint density at radius 2 is 1.48 bits per heavy atom. The number of alkyl carbamates (subject to hydrolysis) is 1. The number of amides is 3. The van der Waals surface area contributed by atoms with E-state index in [1.165, 1.54) is 0 Å². The first-order chi connectivity index (χ1) is 15.5. The molecule has 3 amide bonds. The van der Waals surface area contributed by atoms with E-state index in [-0.39, 0.29) is 5.92 Å². The van der Waals surface area contributed by atoms with Crippen molar-refractivity contribution in [3.8, 4) is 11.5 Å². The third kappa shape index (κ3) is 6.25. The Kier molecular flexibility index (Phi) is 7.26. The maximum Gasteiger partial charge on any atom is 0.408 e. The molecule has 8 nitrogen and oxygen atoms in total. The van der Waals surface area contributed by atoms with Crippen LogP contribution in [-0.2, 0) is 14.3 Å². The van der Waals surface area contributed by atoms with Gasteiger partial charge in [-0.25, -0.2) is 4.79 Å². The molecule has 0 fully saturated rings. The van der Waals surface area contributed by atoms with E-state index < -0.39 is 35.5 Å². The second kappa shape index (κ2) is 9.94. The molecule has 0 spiro atoms. The quantitative estimate of drug-likeness (QED) is 0.593. The van der Waals surface area contributed by atoms with Crippen LogP contribution in [-0.4, -0.2) is 29.6 Å². The lowest BCUT2D eigenvalue weighted by Gasteiger charge is -2.28.